The highest BCUT2D eigenvalue weighted by atomic mass is 32.7. The SMILES string of the molecule is C[C@H]1CCc2cn([C@@H]3O[C@H](CO)[C@@H](OP(=O)(S)OCC4O[C@@H](n5cnc6c(N)ncnc65)[C@H](O[PH](=O)S)[C@@H]4O)[C@H]3O)c3ncnc(c23)O1. The normalized spacial score (nSPS) is 32.3. The Hall–Kier alpha value is -2.39. The van der Waals surface area contributed by atoms with E-state index in [1.165, 1.54) is 23.5 Å². The van der Waals surface area contributed by atoms with Gasteiger partial charge in [0.05, 0.1) is 31.0 Å². The summed E-state index contributed by atoms with van der Waals surface area (Å²) in [5, 5.41) is 33.2. The lowest BCUT2D eigenvalue weighted by Gasteiger charge is -2.24. The van der Waals surface area contributed by atoms with E-state index in [1.54, 1.807) is 10.8 Å². The molecule has 48 heavy (non-hydrogen) atoms. The Bertz CT molecular complexity index is 1900. The quantitative estimate of drug-likeness (QED) is 0.0986. The summed E-state index contributed by atoms with van der Waals surface area (Å²) in [6.45, 7) is -3.52. The maximum Gasteiger partial charge on any atom is 0.386 e. The first kappa shape index (κ1) is 34.1. The zero-order valence-corrected chi connectivity index (χ0v) is 28.7. The second-order valence-corrected chi connectivity index (χ2v) is 16.2. The summed E-state index contributed by atoms with van der Waals surface area (Å²) in [5.41, 5.74) is 7.74. The van der Waals surface area contributed by atoms with Gasteiger partial charge in [-0.15, -0.1) is 0 Å². The summed E-state index contributed by atoms with van der Waals surface area (Å²) in [6.07, 6.45) is -3.03. The summed E-state index contributed by atoms with van der Waals surface area (Å²) in [5.74, 6) is 0.519. The number of aromatic nitrogens is 7. The molecule has 4 aromatic heterocycles. The van der Waals surface area contributed by atoms with Gasteiger partial charge in [-0.05, 0) is 25.3 Å². The van der Waals surface area contributed by atoms with E-state index in [9.17, 15) is 24.4 Å². The molecule has 11 atom stereocenters. The van der Waals surface area contributed by atoms with E-state index in [4.69, 9.17) is 33.5 Å². The molecule has 19 nitrogen and oxygen atoms in total. The van der Waals surface area contributed by atoms with E-state index >= 15 is 0 Å². The fourth-order valence-corrected chi connectivity index (χ4v) is 8.51. The number of anilines is 1. The van der Waals surface area contributed by atoms with Crippen molar-refractivity contribution in [2.45, 2.75) is 74.9 Å². The van der Waals surface area contributed by atoms with Crippen LogP contribution in [-0.4, -0.2) is 105 Å². The molecule has 5 N–H and O–H groups in total. The van der Waals surface area contributed by atoms with Gasteiger partial charge in [0.15, 0.2) is 23.9 Å². The Labute approximate surface area is 282 Å². The molecule has 2 fully saturated rings. The summed E-state index contributed by atoms with van der Waals surface area (Å²) in [6, 6.07) is 0. The number of fused-ring (bicyclic) bond motifs is 1. The maximum atomic E-state index is 13.5. The van der Waals surface area contributed by atoms with Crippen molar-refractivity contribution in [2.24, 2.45) is 0 Å². The Morgan fingerprint density at radius 2 is 1.81 bits per heavy atom. The van der Waals surface area contributed by atoms with Crippen LogP contribution < -0.4 is 10.5 Å². The van der Waals surface area contributed by atoms with Gasteiger partial charge in [-0.3, -0.25) is 18.2 Å². The topological polar surface area (TPSA) is 251 Å². The van der Waals surface area contributed by atoms with Crippen LogP contribution in [0.3, 0.4) is 0 Å². The summed E-state index contributed by atoms with van der Waals surface area (Å²) in [4.78, 5) is 20.9. The van der Waals surface area contributed by atoms with Gasteiger partial charge in [0.25, 0.3) is 0 Å². The van der Waals surface area contributed by atoms with Crippen LogP contribution in [0.2, 0.25) is 0 Å². The number of nitrogen functional groups attached to an aromatic ring is 1. The molecule has 4 aromatic rings. The van der Waals surface area contributed by atoms with Crippen molar-refractivity contribution in [3.05, 3.63) is 30.7 Å². The third-order valence-corrected chi connectivity index (χ3v) is 10.8. The first-order chi connectivity index (χ1) is 23.0. The van der Waals surface area contributed by atoms with E-state index < -0.39 is 76.3 Å². The lowest BCUT2D eigenvalue weighted by Crippen LogP contribution is -2.36. The number of aryl methyl sites for hydroxylation is 1. The van der Waals surface area contributed by atoms with Crippen molar-refractivity contribution in [2.75, 3.05) is 18.9 Å². The number of aliphatic hydroxyl groups is 3. The smallest absolute Gasteiger partial charge is 0.386 e. The number of nitrogens with zero attached hydrogens (tertiary/aromatic N) is 7. The van der Waals surface area contributed by atoms with E-state index in [-0.39, 0.29) is 23.1 Å². The highest BCUT2D eigenvalue weighted by Crippen LogP contribution is 2.57. The Morgan fingerprint density at radius 3 is 2.58 bits per heavy atom. The van der Waals surface area contributed by atoms with Gasteiger partial charge in [-0.25, -0.2) is 29.5 Å². The molecule has 2 saturated heterocycles. The van der Waals surface area contributed by atoms with Gasteiger partial charge in [-0.2, -0.15) is 0 Å². The number of rotatable bonds is 10. The molecule has 23 heteroatoms. The van der Waals surface area contributed by atoms with Crippen LogP contribution in [0, 0.1) is 0 Å². The van der Waals surface area contributed by atoms with Crippen molar-refractivity contribution in [3.8, 4) is 5.88 Å². The van der Waals surface area contributed by atoms with Crippen LogP contribution in [0.4, 0.5) is 5.82 Å². The molecule has 7 rings (SSSR count). The minimum Gasteiger partial charge on any atom is -0.474 e. The molecular formula is C25H32N8O11P2S2. The Kier molecular flexibility index (Phi) is 9.50. The van der Waals surface area contributed by atoms with Gasteiger partial charge in [0.2, 0.25) is 13.1 Å². The van der Waals surface area contributed by atoms with Crippen molar-refractivity contribution >= 4 is 66.5 Å². The number of thiol groups is 2. The van der Waals surface area contributed by atoms with Crippen molar-refractivity contribution in [1.82, 2.24) is 34.1 Å². The molecule has 3 unspecified atom stereocenters. The average molecular weight is 747 g/mol. The highest BCUT2D eigenvalue weighted by molar-refractivity contribution is 8.44. The fraction of sp³-hybridized carbons (Fsp3) is 0.560. The number of imidazole rings is 1. The van der Waals surface area contributed by atoms with Crippen molar-refractivity contribution in [3.63, 3.8) is 0 Å². The second-order valence-electron chi connectivity index (χ2n) is 11.5. The molecule has 0 bridgehead atoms. The van der Waals surface area contributed by atoms with E-state index in [1.807, 2.05) is 6.92 Å². The number of ether oxygens (including phenoxy) is 3. The second kappa shape index (κ2) is 13.4. The monoisotopic (exact) mass is 746 g/mol. The first-order valence-corrected chi connectivity index (χ1v) is 20.0. The molecule has 0 amide bonds. The third-order valence-electron chi connectivity index (χ3n) is 8.42. The van der Waals surface area contributed by atoms with Gasteiger partial charge in [0.1, 0.15) is 60.4 Å². The zero-order chi connectivity index (χ0) is 33.9. The predicted octanol–water partition coefficient (Wildman–Crippen LogP) is 1.22. The van der Waals surface area contributed by atoms with Crippen LogP contribution in [0.15, 0.2) is 25.2 Å². The minimum absolute atomic E-state index is 0.0499. The lowest BCUT2D eigenvalue weighted by molar-refractivity contribution is -0.0524. The Morgan fingerprint density at radius 1 is 1.06 bits per heavy atom. The zero-order valence-electron chi connectivity index (χ0n) is 25.0. The molecule has 3 aliphatic heterocycles. The Balaban J connectivity index is 1.07. The van der Waals surface area contributed by atoms with E-state index in [2.05, 4.69) is 49.4 Å². The number of hydrogen-bond donors (Lipinski definition) is 6. The molecule has 0 aliphatic carbocycles. The van der Waals surface area contributed by atoms with Crippen LogP contribution >= 0.6 is 38.5 Å². The first-order valence-electron chi connectivity index (χ1n) is 14.7. The average Bonchev–Trinajstić information content (AvgIpc) is 3.76. The minimum atomic E-state index is -4.33. The van der Waals surface area contributed by atoms with Crippen molar-refractivity contribution in [1.29, 1.82) is 0 Å². The standard InChI is InChI=1S/C25H32N8O11P2S2/c1-10-2-3-11-4-32(21-14(11)23(40-10)30-8-28-21)24-17(36)18(12(5-34)41-24)44-46(38,48)39-6-13-16(35)19(43-45(37)47)25(42-13)33-9-31-15-20(26)27-7-29-22(15)33/h4,7-10,12-13,16-19,24-25,34-36,45H,2-3,5-6H2,1H3,(H,37,47)(H,38,48)(H2,26,27,29)/t10-,12+,13?,16+,17+,18+,19+,24+,25+,46?/m0/s1. The van der Waals surface area contributed by atoms with Crippen molar-refractivity contribution < 1.29 is 52.2 Å². The summed E-state index contributed by atoms with van der Waals surface area (Å²) >= 11 is 7.93. The third kappa shape index (κ3) is 6.24. The molecule has 7 heterocycles. The molecule has 0 radical (unpaired) electrons. The summed E-state index contributed by atoms with van der Waals surface area (Å²) in [7, 11) is -2.88. The van der Waals surface area contributed by atoms with Gasteiger partial charge in [0, 0.05) is 6.20 Å². The molecule has 3 aliphatic rings. The maximum absolute atomic E-state index is 13.5. The van der Waals surface area contributed by atoms with E-state index in [0.717, 1.165) is 12.0 Å². The number of aliphatic hydroxyl groups excluding tert-OH is 3. The molecule has 0 aromatic carbocycles. The number of nitrogens with two attached hydrogens (primary N) is 1. The largest absolute Gasteiger partial charge is 0.474 e. The summed E-state index contributed by atoms with van der Waals surface area (Å²) < 4.78 is 63.0. The molecular weight excluding hydrogens is 714 g/mol. The van der Waals surface area contributed by atoms with Crippen LogP contribution in [-0.2, 0) is 38.6 Å². The van der Waals surface area contributed by atoms with Crippen LogP contribution in [0.1, 0.15) is 31.4 Å². The molecule has 0 spiro atoms. The lowest BCUT2D eigenvalue weighted by atomic mass is 10.1. The molecule has 0 saturated carbocycles. The van der Waals surface area contributed by atoms with Gasteiger partial charge in [-0.1, -0.05) is 24.5 Å². The molecule has 260 valence electrons. The number of hydrogen-bond acceptors (Lipinski definition) is 17. The fourth-order valence-electron chi connectivity index (χ4n) is 6.17. The van der Waals surface area contributed by atoms with E-state index in [0.29, 0.717) is 23.3 Å². The predicted molar refractivity (Wildman–Crippen MR) is 173 cm³/mol. The van der Waals surface area contributed by atoms with Gasteiger partial charge < -0.3 is 44.4 Å². The highest BCUT2D eigenvalue weighted by Gasteiger charge is 2.51. The van der Waals surface area contributed by atoms with Crippen LogP contribution in [0.5, 0.6) is 5.88 Å². The van der Waals surface area contributed by atoms with Gasteiger partial charge >= 0.3 is 6.80 Å². The van der Waals surface area contributed by atoms with Crippen LogP contribution in [0.25, 0.3) is 22.2 Å².